The summed E-state index contributed by atoms with van der Waals surface area (Å²) < 4.78 is 2.35. The molecule has 0 bridgehead atoms. The van der Waals surface area contributed by atoms with E-state index in [1.807, 2.05) is 0 Å². The van der Waals surface area contributed by atoms with Crippen LogP contribution < -0.4 is 0 Å². The number of likely N-dealkylation sites (N-methyl/N-ethyl adjacent to an activating group) is 1. The summed E-state index contributed by atoms with van der Waals surface area (Å²) in [5, 5.41) is 0. The molecule has 2 rings (SSSR count). The van der Waals surface area contributed by atoms with Crippen LogP contribution in [0, 0.1) is 12.8 Å². The van der Waals surface area contributed by atoms with E-state index in [2.05, 4.69) is 62.5 Å². The molecule has 20 heavy (non-hydrogen) atoms. The van der Waals surface area contributed by atoms with E-state index in [0.29, 0.717) is 17.8 Å². The summed E-state index contributed by atoms with van der Waals surface area (Å²) in [6, 6.07) is 6.65. The van der Waals surface area contributed by atoms with E-state index >= 15 is 0 Å². The van der Waals surface area contributed by atoms with Crippen LogP contribution in [-0.2, 0) is 5.88 Å². The van der Waals surface area contributed by atoms with Gasteiger partial charge in [0.25, 0.3) is 0 Å². The number of alkyl halides is 1. The molecule has 2 aromatic rings. The number of hydrogen-bond donors (Lipinski definition) is 0. The van der Waals surface area contributed by atoms with Crippen molar-refractivity contribution < 1.29 is 0 Å². The summed E-state index contributed by atoms with van der Waals surface area (Å²) in [5.41, 5.74) is 3.53. The molecule has 4 heteroatoms. The van der Waals surface area contributed by atoms with Crippen molar-refractivity contribution in [2.45, 2.75) is 32.7 Å². The molecule has 0 aliphatic carbocycles. The Bertz CT molecular complexity index is 587. The van der Waals surface area contributed by atoms with Crippen molar-refractivity contribution in [3.05, 3.63) is 29.6 Å². The SMILES string of the molecule is Cc1cccc2nc(CCl)n(C(CN(C)C)C(C)C)c12. The van der Waals surface area contributed by atoms with Gasteiger partial charge in [-0.3, -0.25) is 0 Å². The Morgan fingerprint density at radius 1 is 1.30 bits per heavy atom. The summed E-state index contributed by atoms with van der Waals surface area (Å²) in [5.74, 6) is 1.94. The van der Waals surface area contributed by atoms with E-state index in [9.17, 15) is 0 Å². The van der Waals surface area contributed by atoms with Gasteiger partial charge >= 0.3 is 0 Å². The van der Waals surface area contributed by atoms with Crippen LogP contribution in [0.2, 0.25) is 0 Å². The normalized spacial score (nSPS) is 13.6. The quantitative estimate of drug-likeness (QED) is 0.781. The first-order chi connectivity index (χ1) is 9.45. The van der Waals surface area contributed by atoms with Crippen LogP contribution in [0.15, 0.2) is 18.2 Å². The predicted octanol–water partition coefficient (Wildman–Crippen LogP) is 3.84. The number of aromatic nitrogens is 2. The minimum absolute atomic E-state index is 0.379. The summed E-state index contributed by atoms with van der Waals surface area (Å²) in [4.78, 5) is 6.94. The van der Waals surface area contributed by atoms with E-state index < -0.39 is 0 Å². The summed E-state index contributed by atoms with van der Waals surface area (Å²) in [6.45, 7) is 7.65. The van der Waals surface area contributed by atoms with Crippen LogP contribution in [0.5, 0.6) is 0 Å². The summed E-state index contributed by atoms with van der Waals surface area (Å²) in [7, 11) is 4.23. The zero-order valence-corrected chi connectivity index (χ0v) is 13.8. The van der Waals surface area contributed by atoms with Gasteiger partial charge in [0.05, 0.1) is 23.0 Å². The maximum absolute atomic E-state index is 6.14. The van der Waals surface area contributed by atoms with Gasteiger partial charge < -0.3 is 9.47 Å². The first-order valence-electron chi connectivity index (χ1n) is 7.12. The average Bonchev–Trinajstić information content (AvgIpc) is 2.75. The molecular weight excluding hydrogens is 270 g/mol. The maximum atomic E-state index is 6.14. The molecule has 0 amide bonds. The molecular formula is C16H24ClN3. The molecule has 0 saturated carbocycles. The Balaban J connectivity index is 2.65. The van der Waals surface area contributed by atoms with E-state index in [0.717, 1.165) is 17.9 Å². The topological polar surface area (TPSA) is 21.1 Å². The van der Waals surface area contributed by atoms with Crippen molar-refractivity contribution in [2.24, 2.45) is 5.92 Å². The van der Waals surface area contributed by atoms with Gasteiger partial charge in [-0.1, -0.05) is 26.0 Å². The predicted molar refractivity (Wildman–Crippen MR) is 86.5 cm³/mol. The van der Waals surface area contributed by atoms with Gasteiger partial charge in [0.15, 0.2) is 0 Å². The number of halogens is 1. The second-order valence-electron chi connectivity index (χ2n) is 6.05. The van der Waals surface area contributed by atoms with Crippen molar-refractivity contribution >= 4 is 22.6 Å². The summed E-state index contributed by atoms with van der Waals surface area (Å²) in [6.07, 6.45) is 0. The number of imidazole rings is 1. The standard InChI is InChI=1S/C16H24ClN3/c1-11(2)14(10-19(4)5)20-15(9-17)18-13-8-6-7-12(3)16(13)20/h6-8,11,14H,9-10H2,1-5H3. The van der Waals surface area contributed by atoms with Gasteiger partial charge in [-0.05, 0) is 38.6 Å². The molecule has 0 aliphatic rings. The van der Waals surface area contributed by atoms with Crippen molar-refractivity contribution in [3.63, 3.8) is 0 Å². The first-order valence-corrected chi connectivity index (χ1v) is 7.66. The number of benzene rings is 1. The fraction of sp³-hybridized carbons (Fsp3) is 0.562. The van der Waals surface area contributed by atoms with E-state index in [1.165, 1.54) is 11.1 Å². The molecule has 0 N–H and O–H groups in total. The second-order valence-corrected chi connectivity index (χ2v) is 6.32. The zero-order valence-electron chi connectivity index (χ0n) is 13.0. The molecule has 110 valence electrons. The largest absolute Gasteiger partial charge is 0.322 e. The number of rotatable bonds is 5. The molecule has 3 nitrogen and oxygen atoms in total. The van der Waals surface area contributed by atoms with Crippen LogP contribution in [-0.4, -0.2) is 35.1 Å². The minimum Gasteiger partial charge on any atom is -0.322 e. The van der Waals surface area contributed by atoms with Gasteiger partial charge in [-0.2, -0.15) is 0 Å². The third-order valence-electron chi connectivity index (χ3n) is 3.76. The smallest absolute Gasteiger partial charge is 0.125 e. The molecule has 1 heterocycles. The van der Waals surface area contributed by atoms with Crippen LogP contribution >= 0.6 is 11.6 Å². The van der Waals surface area contributed by atoms with Gasteiger partial charge in [0, 0.05) is 6.54 Å². The lowest BCUT2D eigenvalue weighted by Crippen LogP contribution is -2.29. The molecule has 1 atom stereocenters. The van der Waals surface area contributed by atoms with E-state index in [4.69, 9.17) is 16.6 Å². The number of nitrogens with zero attached hydrogens (tertiary/aromatic N) is 3. The lowest BCUT2D eigenvalue weighted by molar-refractivity contribution is 0.270. The number of aryl methyl sites for hydroxylation is 1. The van der Waals surface area contributed by atoms with Crippen LogP contribution in [0.25, 0.3) is 11.0 Å². The molecule has 0 saturated heterocycles. The highest BCUT2D eigenvalue weighted by atomic mass is 35.5. The highest BCUT2D eigenvalue weighted by Gasteiger charge is 2.23. The van der Waals surface area contributed by atoms with Gasteiger partial charge in [-0.15, -0.1) is 11.6 Å². The molecule has 1 aromatic heterocycles. The molecule has 1 aromatic carbocycles. The molecule has 0 fully saturated rings. The van der Waals surface area contributed by atoms with E-state index in [-0.39, 0.29) is 0 Å². The molecule has 0 spiro atoms. The highest BCUT2D eigenvalue weighted by molar-refractivity contribution is 6.16. The third-order valence-corrected chi connectivity index (χ3v) is 4.00. The minimum atomic E-state index is 0.379. The lowest BCUT2D eigenvalue weighted by Gasteiger charge is -2.28. The Morgan fingerprint density at radius 2 is 2.00 bits per heavy atom. The highest BCUT2D eigenvalue weighted by Crippen LogP contribution is 2.29. The zero-order chi connectivity index (χ0) is 14.9. The van der Waals surface area contributed by atoms with Crippen molar-refractivity contribution in [1.29, 1.82) is 0 Å². The van der Waals surface area contributed by atoms with E-state index in [1.54, 1.807) is 0 Å². The van der Waals surface area contributed by atoms with Crippen molar-refractivity contribution in [3.8, 4) is 0 Å². The number of fused-ring (bicyclic) bond motifs is 1. The van der Waals surface area contributed by atoms with Crippen molar-refractivity contribution in [1.82, 2.24) is 14.5 Å². The van der Waals surface area contributed by atoms with Crippen molar-refractivity contribution in [2.75, 3.05) is 20.6 Å². The Hall–Kier alpha value is -1.06. The fourth-order valence-electron chi connectivity index (χ4n) is 2.79. The van der Waals surface area contributed by atoms with Crippen LogP contribution in [0.3, 0.4) is 0 Å². The van der Waals surface area contributed by atoms with Gasteiger partial charge in [0.1, 0.15) is 5.82 Å². The maximum Gasteiger partial charge on any atom is 0.125 e. The van der Waals surface area contributed by atoms with Gasteiger partial charge in [0.2, 0.25) is 0 Å². The molecule has 0 radical (unpaired) electrons. The Morgan fingerprint density at radius 3 is 2.55 bits per heavy atom. The number of para-hydroxylation sites is 1. The first kappa shape index (κ1) is 15.3. The van der Waals surface area contributed by atoms with Crippen LogP contribution in [0.1, 0.15) is 31.3 Å². The fourth-order valence-corrected chi connectivity index (χ4v) is 2.97. The third kappa shape index (κ3) is 2.84. The summed E-state index contributed by atoms with van der Waals surface area (Å²) >= 11 is 6.14. The van der Waals surface area contributed by atoms with Crippen LogP contribution in [0.4, 0.5) is 0 Å². The molecule has 1 unspecified atom stereocenters. The Labute approximate surface area is 126 Å². The monoisotopic (exact) mass is 293 g/mol. The van der Waals surface area contributed by atoms with Gasteiger partial charge in [-0.25, -0.2) is 4.98 Å². The second kappa shape index (κ2) is 6.15. The molecule has 0 aliphatic heterocycles. The average molecular weight is 294 g/mol. The lowest BCUT2D eigenvalue weighted by atomic mass is 10.0. The Kier molecular flexibility index (Phi) is 4.71. The number of hydrogen-bond acceptors (Lipinski definition) is 2.